The van der Waals surface area contributed by atoms with Crippen LogP contribution in [0.3, 0.4) is 0 Å². The number of likely N-dealkylation sites (tertiary alicyclic amines) is 1. The predicted octanol–water partition coefficient (Wildman–Crippen LogP) is 1.53. The summed E-state index contributed by atoms with van der Waals surface area (Å²) in [5.41, 5.74) is 2.17. The molecule has 104 valence electrons. The SMILES string of the molecule is CNC1(C)CCN(C(=O)Cc2ncccc2C)CC1. The second-order valence-electron chi connectivity index (χ2n) is 5.64. The molecular weight excluding hydrogens is 238 g/mol. The number of piperidine rings is 1. The van der Waals surface area contributed by atoms with Gasteiger partial charge in [-0.25, -0.2) is 0 Å². The molecule has 1 fully saturated rings. The molecule has 1 aromatic rings. The Morgan fingerprint density at radius 2 is 2.16 bits per heavy atom. The highest BCUT2D eigenvalue weighted by Gasteiger charge is 2.30. The van der Waals surface area contributed by atoms with Gasteiger partial charge in [-0.1, -0.05) is 6.07 Å². The van der Waals surface area contributed by atoms with E-state index in [0.717, 1.165) is 37.2 Å². The number of carbonyl (C=O) groups excluding carboxylic acids is 1. The van der Waals surface area contributed by atoms with Crippen molar-refractivity contribution in [3.05, 3.63) is 29.6 Å². The van der Waals surface area contributed by atoms with Gasteiger partial charge >= 0.3 is 0 Å². The zero-order valence-electron chi connectivity index (χ0n) is 12.1. The summed E-state index contributed by atoms with van der Waals surface area (Å²) in [6, 6.07) is 3.91. The van der Waals surface area contributed by atoms with Crippen LogP contribution in [0.4, 0.5) is 0 Å². The van der Waals surface area contributed by atoms with Crippen LogP contribution in [0, 0.1) is 6.92 Å². The molecule has 0 aliphatic carbocycles. The molecule has 1 saturated heterocycles. The fraction of sp³-hybridized carbons (Fsp3) is 0.600. The van der Waals surface area contributed by atoms with Crippen LogP contribution < -0.4 is 5.32 Å². The summed E-state index contributed by atoms with van der Waals surface area (Å²) < 4.78 is 0. The van der Waals surface area contributed by atoms with Gasteiger partial charge in [0, 0.05) is 24.8 Å². The third kappa shape index (κ3) is 3.32. The quantitative estimate of drug-likeness (QED) is 0.897. The van der Waals surface area contributed by atoms with Crippen molar-refractivity contribution in [1.82, 2.24) is 15.2 Å². The van der Waals surface area contributed by atoms with Crippen LogP contribution in [0.2, 0.25) is 0 Å². The fourth-order valence-corrected chi connectivity index (χ4v) is 2.46. The Morgan fingerprint density at radius 3 is 2.74 bits per heavy atom. The number of rotatable bonds is 3. The van der Waals surface area contributed by atoms with Gasteiger partial charge in [0.1, 0.15) is 0 Å². The number of hydrogen-bond donors (Lipinski definition) is 1. The van der Waals surface area contributed by atoms with Crippen LogP contribution in [0.15, 0.2) is 18.3 Å². The first-order valence-corrected chi connectivity index (χ1v) is 6.91. The second kappa shape index (κ2) is 5.70. The third-order valence-corrected chi connectivity index (χ3v) is 4.26. The molecule has 0 radical (unpaired) electrons. The molecule has 19 heavy (non-hydrogen) atoms. The van der Waals surface area contributed by atoms with E-state index in [1.807, 2.05) is 31.0 Å². The molecule has 2 rings (SSSR count). The number of amides is 1. The van der Waals surface area contributed by atoms with Gasteiger partial charge in [-0.05, 0) is 45.4 Å². The van der Waals surface area contributed by atoms with E-state index < -0.39 is 0 Å². The Morgan fingerprint density at radius 1 is 1.47 bits per heavy atom. The smallest absolute Gasteiger partial charge is 0.228 e. The summed E-state index contributed by atoms with van der Waals surface area (Å²) in [4.78, 5) is 18.5. The molecule has 0 saturated carbocycles. The first-order chi connectivity index (χ1) is 9.04. The van der Waals surface area contributed by atoms with Crippen molar-refractivity contribution in [2.45, 2.75) is 38.6 Å². The molecule has 1 N–H and O–H groups in total. The fourth-order valence-electron chi connectivity index (χ4n) is 2.46. The van der Waals surface area contributed by atoms with Gasteiger partial charge in [-0.15, -0.1) is 0 Å². The van der Waals surface area contributed by atoms with E-state index in [1.165, 1.54) is 0 Å². The maximum Gasteiger partial charge on any atom is 0.228 e. The Bertz CT molecular complexity index is 450. The van der Waals surface area contributed by atoms with Crippen LogP contribution >= 0.6 is 0 Å². The van der Waals surface area contributed by atoms with Crippen molar-refractivity contribution < 1.29 is 4.79 Å². The Labute approximate surface area is 115 Å². The van der Waals surface area contributed by atoms with Crippen molar-refractivity contribution in [2.75, 3.05) is 20.1 Å². The lowest BCUT2D eigenvalue weighted by Crippen LogP contribution is -2.51. The molecule has 0 aromatic carbocycles. The number of pyridine rings is 1. The molecule has 0 unspecified atom stereocenters. The van der Waals surface area contributed by atoms with E-state index in [-0.39, 0.29) is 11.4 Å². The minimum atomic E-state index is 0.178. The van der Waals surface area contributed by atoms with E-state index in [2.05, 4.69) is 17.2 Å². The lowest BCUT2D eigenvalue weighted by Gasteiger charge is -2.39. The lowest BCUT2D eigenvalue weighted by molar-refractivity contribution is -0.132. The zero-order chi connectivity index (χ0) is 13.9. The van der Waals surface area contributed by atoms with Crippen LogP contribution in [0.1, 0.15) is 31.0 Å². The number of hydrogen-bond acceptors (Lipinski definition) is 3. The van der Waals surface area contributed by atoms with E-state index in [9.17, 15) is 4.79 Å². The predicted molar refractivity (Wildman–Crippen MR) is 76.0 cm³/mol. The minimum absolute atomic E-state index is 0.178. The van der Waals surface area contributed by atoms with Gasteiger partial charge in [0.05, 0.1) is 12.1 Å². The molecule has 4 nitrogen and oxygen atoms in total. The summed E-state index contributed by atoms with van der Waals surface area (Å²) in [7, 11) is 1.99. The zero-order valence-corrected chi connectivity index (χ0v) is 12.1. The van der Waals surface area contributed by atoms with Gasteiger partial charge < -0.3 is 10.2 Å². The number of nitrogens with zero attached hydrogens (tertiary/aromatic N) is 2. The van der Waals surface area contributed by atoms with Gasteiger partial charge in [-0.2, -0.15) is 0 Å². The van der Waals surface area contributed by atoms with Crippen molar-refractivity contribution in [2.24, 2.45) is 0 Å². The maximum atomic E-state index is 12.3. The van der Waals surface area contributed by atoms with Crippen LogP contribution in [-0.2, 0) is 11.2 Å². The molecule has 1 aliphatic heterocycles. The number of carbonyl (C=O) groups is 1. The van der Waals surface area contributed by atoms with E-state index in [1.54, 1.807) is 6.20 Å². The monoisotopic (exact) mass is 261 g/mol. The first-order valence-electron chi connectivity index (χ1n) is 6.91. The maximum absolute atomic E-state index is 12.3. The second-order valence-corrected chi connectivity index (χ2v) is 5.64. The molecule has 0 spiro atoms. The van der Waals surface area contributed by atoms with Crippen LogP contribution in [0.25, 0.3) is 0 Å². The normalized spacial score (nSPS) is 18.4. The molecule has 2 heterocycles. The van der Waals surface area contributed by atoms with E-state index in [4.69, 9.17) is 0 Å². The van der Waals surface area contributed by atoms with Crippen LogP contribution in [-0.4, -0.2) is 41.5 Å². The highest BCUT2D eigenvalue weighted by Crippen LogP contribution is 2.21. The van der Waals surface area contributed by atoms with E-state index >= 15 is 0 Å². The molecule has 1 aliphatic rings. The molecule has 1 aromatic heterocycles. The molecule has 4 heteroatoms. The summed E-state index contributed by atoms with van der Waals surface area (Å²) in [6.07, 6.45) is 4.19. The highest BCUT2D eigenvalue weighted by atomic mass is 16.2. The largest absolute Gasteiger partial charge is 0.342 e. The number of aryl methyl sites for hydroxylation is 1. The molecule has 1 amide bonds. The Kier molecular flexibility index (Phi) is 4.20. The van der Waals surface area contributed by atoms with Crippen molar-refractivity contribution in [3.63, 3.8) is 0 Å². The van der Waals surface area contributed by atoms with Gasteiger partial charge in [0.15, 0.2) is 0 Å². The van der Waals surface area contributed by atoms with Gasteiger partial charge in [0.25, 0.3) is 0 Å². The third-order valence-electron chi connectivity index (χ3n) is 4.26. The lowest BCUT2D eigenvalue weighted by atomic mass is 9.90. The van der Waals surface area contributed by atoms with Gasteiger partial charge in [0.2, 0.25) is 5.91 Å². The summed E-state index contributed by atoms with van der Waals surface area (Å²) in [5.74, 6) is 0.194. The van der Waals surface area contributed by atoms with E-state index in [0.29, 0.717) is 6.42 Å². The molecule has 0 bridgehead atoms. The summed E-state index contributed by atoms with van der Waals surface area (Å²) in [6.45, 7) is 5.89. The highest BCUT2D eigenvalue weighted by molar-refractivity contribution is 5.78. The van der Waals surface area contributed by atoms with Crippen molar-refractivity contribution in [3.8, 4) is 0 Å². The van der Waals surface area contributed by atoms with Crippen molar-refractivity contribution >= 4 is 5.91 Å². The summed E-state index contributed by atoms with van der Waals surface area (Å²) >= 11 is 0. The Balaban J connectivity index is 1.94. The summed E-state index contributed by atoms with van der Waals surface area (Å²) in [5, 5.41) is 3.35. The average Bonchev–Trinajstić information content (AvgIpc) is 2.42. The Hall–Kier alpha value is -1.42. The number of nitrogens with one attached hydrogen (secondary N) is 1. The average molecular weight is 261 g/mol. The standard InChI is InChI=1S/C15H23N3O/c1-12-5-4-8-17-13(12)11-14(19)18-9-6-15(2,16-3)7-10-18/h4-5,8,16H,6-7,9-11H2,1-3H3. The van der Waals surface area contributed by atoms with Crippen molar-refractivity contribution in [1.29, 1.82) is 0 Å². The number of aromatic nitrogens is 1. The first kappa shape index (κ1) is 14.0. The minimum Gasteiger partial charge on any atom is -0.342 e. The van der Waals surface area contributed by atoms with Crippen LogP contribution in [0.5, 0.6) is 0 Å². The topological polar surface area (TPSA) is 45.2 Å². The van der Waals surface area contributed by atoms with Gasteiger partial charge in [-0.3, -0.25) is 9.78 Å². The molecular formula is C15H23N3O. The molecule has 0 atom stereocenters.